The van der Waals surface area contributed by atoms with Crippen LogP contribution in [0.15, 0.2) is 24.3 Å². The Balaban J connectivity index is 0.000000952. The number of hydrogen-bond acceptors (Lipinski definition) is 4. The molecule has 1 aliphatic rings. The standard InChI is InChI=1S/C13H17N3O3.C3H8.C2H6/c17-8-7-14-6-5-13(19)16-9-12(18)15-10-3-1-2-4-11(10)16;1-3-2;1-2/h1-4,14,17H,5-9H2,(H,15,18);3H2,1-2H3;1-2H3. The third-order valence-corrected chi connectivity index (χ3v) is 2.88. The smallest absolute Gasteiger partial charge is 0.244 e. The number of hydrogen-bond donors (Lipinski definition) is 3. The van der Waals surface area contributed by atoms with E-state index in [1.54, 1.807) is 6.07 Å². The van der Waals surface area contributed by atoms with E-state index in [0.29, 0.717) is 25.2 Å². The van der Waals surface area contributed by atoms with E-state index in [1.165, 1.54) is 11.3 Å². The second-order valence-corrected chi connectivity index (χ2v) is 4.98. The van der Waals surface area contributed by atoms with Gasteiger partial charge < -0.3 is 20.6 Å². The average molecular weight is 337 g/mol. The van der Waals surface area contributed by atoms with Crippen LogP contribution in [0.4, 0.5) is 11.4 Å². The summed E-state index contributed by atoms with van der Waals surface area (Å²) < 4.78 is 0. The molecule has 2 rings (SSSR count). The van der Waals surface area contributed by atoms with E-state index in [9.17, 15) is 9.59 Å². The number of nitrogens with zero attached hydrogens (tertiary/aromatic N) is 1. The van der Waals surface area contributed by atoms with Crippen LogP contribution in [0.5, 0.6) is 0 Å². The molecule has 6 heteroatoms. The van der Waals surface area contributed by atoms with E-state index in [-0.39, 0.29) is 25.0 Å². The van der Waals surface area contributed by atoms with Gasteiger partial charge in [-0.25, -0.2) is 0 Å². The predicted molar refractivity (Wildman–Crippen MR) is 99.3 cm³/mol. The van der Waals surface area contributed by atoms with Crippen molar-refractivity contribution in [2.24, 2.45) is 0 Å². The van der Waals surface area contributed by atoms with E-state index < -0.39 is 0 Å². The number of para-hydroxylation sites is 2. The van der Waals surface area contributed by atoms with Gasteiger partial charge in [0.05, 0.1) is 18.0 Å². The van der Waals surface area contributed by atoms with Crippen molar-refractivity contribution in [3.05, 3.63) is 24.3 Å². The molecule has 24 heavy (non-hydrogen) atoms. The zero-order chi connectivity index (χ0) is 18.4. The lowest BCUT2D eigenvalue weighted by Gasteiger charge is -2.29. The lowest BCUT2D eigenvalue weighted by Crippen LogP contribution is -2.43. The van der Waals surface area contributed by atoms with Crippen molar-refractivity contribution in [2.75, 3.05) is 36.5 Å². The highest BCUT2D eigenvalue weighted by Gasteiger charge is 2.25. The Morgan fingerprint density at radius 3 is 2.50 bits per heavy atom. The first-order valence-corrected chi connectivity index (χ1v) is 8.64. The number of fused-ring (bicyclic) bond motifs is 1. The normalized spacial score (nSPS) is 12.0. The van der Waals surface area contributed by atoms with Gasteiger partial charge in [-0.3, -0.25) is 9.59 Å². The number of carbonyl (C=O) groups excluding carboxylic acids is 2. The van der Waals surface area contributed by atoms with Gasteiger partial charge in [0.25, 0.3) is 0 Å². The van der Waals surface area contributed by atoms with Gasteiger partial charge in [-0.15, -0.1) is 0 Å². The summed E-state index contributed by atoms with van der Waals surface area (Å²) in [4.78, 5) is 25.2. The van der Waals surface area contributed by atoms with E-state index in [1.807, 2.05) is 32.0 Å². The Labute approximate surface area is 145 Å². The molecule has 1 aromatic carbocycles. The molecule has 6 nitrogen and oxygen atoms in total. The zero-order valence-corrected chi connectivity index (χ0v) is 15.3. The minimum atomic E-state index is -0.185. The van der Waals surface area contributed by atoms with Crippen LogP contribution in [0.25, 0.3) is 0 Å². The van der Waals surface area contributed by atoms with Crippen molar-refractivity contribution in [1.29, 1.82) is 0 Å². The second-order valence-electron chi connectivity index (χ2n) is 4.98. The minimum Gasteiger partial charge on any atom is -0.395 e. The Morgan fingerprint density at radius 2 is 1.88 bits per heavy atom. The molecular weight excluding hydrogens is 306 g/mol. The first-order valence-electron chi connectivity index (χ1n) is 8.64. The maximum absolute atomic E-state index is 12.1. The van der Waals surface area contributed by atoms with Crippen LogP contribution in [-0.2, 0) is 9.59 Å². The van der Waals surface area contributed by atoms with Crippen molar-refractivity contribution in [3.8, 4) is 0 Å². The summed E-state index contributed by atoms with van der Waals surface area (Å²) in [7, 11) is 0. The highest BCUT2D eigenvalue weighted by Crippen LogP contribution is 2.29. The molecule has 0 aliphatic carbocycles. The van der Waals surface area contributed by atoms with Crippen molar-refractivity contribution in [1.82, 2.24) is 5.32 Å². The molecule has 0 bridgehead atoms. The molecule has 136 valence electrons. The largest absolute Gasteiger partial charge is 0.395 e. The highest BCUT2D eigenvalue weighted by molar-refractivity contribution is 6.09. The number of nitrogens with one attached hydrogen (secondary N) is 2. The van der Waals surface area contributed by atoms with Crippen LogP contribution in [-0.4, -0.2) is 43.2 Å². The van der Waals surface area contributed by atoms with E-state index in [0.717, 1.165) is 5.69 Å². The summed E-state index contributed by atoms with van der Waals surface area (Å²) in [6.45, 7) is 9.29. The SMILES string of the molecule is CC.CCC.O=C1CN(C(=O)CCNCCO)c2ccccc2N1. The lowest BCUT2D eigenvalue weighted by molar-refractivity contribution is -0.121. The molecule has 0 fully saturated rings. The van der Waals surface area contributed by atoms with E-state index in [2.05, 4.69) is 24.5 Å². The fraction of sp³-hybridized carbons (Fsp3) is 0.556. The van der Waals surface area contributed by atoms with Crippen molar-refractivity contribution in [2.45, 2.75) is 40.5 Å². The molecular formula is C18H31N3O3. The number of carbonyl (C=O) groups is 2. The molecule has 1 aliphatic heterocycles. The molecule has 0 saturated heterocycles. The molecule has 0 aromatic heterocycles. The number of anilines is 2. The predicted octanol–water partition coefficient (Wildman–Crippen LogP) is 2.39. The molecule has 1 heterocycles. The molecule has 0 radical (unpaired) electrons. The first-order chi connectivity index (χ1) is 11.6. The fourth-order valence-electron chi connectivity index (χ4n) is 1.99. The van der Waals surface area contributed by atoms with Crippen molar-refractivity contribution >= 4 is 23.2 Å². The Kier molecular flexibility index (Phi) is 12.4. The zero-order valence-electron chi connectivity index (χ0n) is 15.3. The molecule has 2 amide bonds. The van der Waals surface area contributed by atoms with Gasteiger partial charge in [-0.1, -0.05) is 46.2 Å². The van der Waals surface area contributed by atoms with Gasteiger partial charge in [0, 0.05) is 19.5 Å². The van der Waals surface area contributed by atoms with Gasteiger partial charge in [0.15, 0.2) is 0 Å². The minimum absolute atomic E-state index is 0.0448. The molecule has 0 spiro atoms. The topological polar surface area (TPSA) is 81.7 Å². The molecule has 1 aromatic rings. The van der Waals surface area contributed by atoms with Crippen LogP contribution < -0.4 is 15.5 Å². The fourth-order valence-corrected chi connectivity index (χ4v) is 1.99. The summed E-state index contributed by atoms with van der Waals surface area (Å²) in [6.07, 6.45) is 1.54. The van der Waals surface area contributed by atoms with Crippen LogP contribution in [0.3, 0.4) is 0 Å². The quantitative estimate of drug-likeness (QED) is 0.721. The van der Waals surface area contributed by atoms with E-state index >= 15 is 0 Å². The second kappa shape index (κ2) is 13.5. The average Bonchev–Trinajstić information content (AvgIpc) is 2.60. The first kappa shape index (κ1) is 22.1. The molecule has 0 saturated carbocycles. The summed E-state index contributed by atoms with van der Waals surface area (Å²) in [6, 6.07) is 7.24. The molecule has 0 atom stereocenters. The summed E-state index contributed by atoms with van der Waals surface area (Å²) in [5, 5.41) is 14.3. The Morgan fingerprint density at radius 1 is 1.25 bits per heavy atom. The number of amides is 2. The van der Waals surface area contributed by atoms with E-state index in [4.69, 9.17) is 5.11 Å². The van der Waals surface area contributed by atoms with Crippen LogP contribution in [0.2, 0.25) is 0 Å². The summed E-state index contributed by atoms with van der Waals surface area (Å²) in [5.74, 6) is -0.289. The monoisotopic (exact) mass is 337 g/mol. The number of aliphatic hydroxyl groups excluding tert-OH is 1. The van der Waals surface area contributed by atoms with Gasteiger partial charge in [-0.05, 0) is 12.1 Å². The summed E-state index contributed by atoms with van der Waals surface area (Å²) >= 11 is 0. The Hall–Kier alpha value is -1.92. The number of benzene rings is 1. The lowest BCUT2D eigenvalue weighted by atomic mass is 10.2. The van der Waals surface area contributed by atoms with Crippen LogP contribution in [0, 0.1) is 0 Å². The van der Waals surface area contributed by atoms with Crippen LogP contribution in [0.1, 0.15) is 40.5 Å². The molecule has 0 unspecified atom stereocenters. The van der Waals surface area contributed by atoms with Crippen LogP contribution >= 0.6 is 0 Å². The van der Waals surface area contributed by atoms with Gasteiger partial charge in [0.1, 0.15) is 6.54 Å². The maximum atomic E-state index is 12.1. The Bertz CT molecular complexity index is 492. The third kappa shape index (κ3) is 7.57. The molecule has 3 N–H and O–H groups in total. The van der Waals surface area contributed by atoms with Crippen molar-refractivity contribution in [3.63, 3.8) is 0 Å². The van der Waals surface area contributed by atoms with Crippen molar-refractivity contribution < 1.29 is 14.7 Å². The number of aliphatic hydroxyl groups is 1. The number of rotatable bonds is 5. The van der Waals surface area contributed by atoms with Gasteiger partial charge in [0.2, 0.25) is 11.8 Å². The van der Waals surface area contributed by atoms with Gasteiger partial charge in [-0.2, -0.15) is 0 Å². The third-order valence-electron chi connectivity index (χ3n) is 2.88. The van der Waals surface area contributed by atoms with Gasteiger partial charge >= 0.3 is 0 Å². The maximum Gasteiger partial charge on any atom is 0.244 e. The highest BCUT2D eigenvalue weighted by atomic mass is 16.3. The summed E-state index contributed by atoms with van der Waals surface area (Å²) in [5.41, 5.74) is 1.39.